The number of methoxy groups -OCH3 is 1. The van der Waals surface area contributed by atoms with Crippen molar-refractivity contribution in [1.29, 1.82) is 0 Å². The largest absolute Gasteiger partial charge is 0.497 e. The third kappa shape index (κ3) is 3.15. The summed E-state index contributed by atoms with van der Waals surface area (Å²) >= 11 is 0. The molecule has 1 saturated carbocycles. The van der Waals surface area contributed by atoms with Crippen molar-refractivity contribution in [2.45, 2.75) is 37.6 Å². The Morgan fingerprint density at radius 2 is 2.15 bits per heavy atom. The molecule has 1 heterocycles. The number of piperidine rings is 1. The number of ether oxygens (including phenoxy) is 1. The van der Waals surface area contributed by atoms with Crippen molar-refractivity contribution in [1.82, 2.24) is 4.90 Å². The van der Waals surface area contributed by atoms with Crippen LogP contribution in [0.4, 0.5) is 0 Å². The molecule has 2 fully saturated rings. The van der Waals surface area contributed by atoms with Gasteiger partial charge < -0.3 is 15.4 Å². The molecule has 0 radical (unpaired) electrons. The van der Waals surface area contributed by atoms with Gasteiger partial charge in [-0.25, -0.2) is 0 Å². The Hall–Kier alpha value is -1.06. The summed E-state index contributed by atoms with van der Waals surface area (Å²) in [6, 6.07) is 8.79. The van der Waals surface area contributed by atoms with E-state index in [2.05, 4.69) is 23.1 Å². The van der Waals surface area contributed by atoms with Crippen LogP contribution >= 0.6 is 0 Å². The van der Waals surface area contributed by atoms with Crippen LogP contribution in [0.5, 0.6) is 5.75 Å². The van der Waals surface area contributed by atoms with Gasteiger partial charge in [-0.05, 0) is 48.8 Å². The predicted molar refractivity (Wildman–Crippen MR) is 82.1 cm³/mol. The number of rotatable bonds is 4. The molecule has 2 atom stereocenters. The van der Waals surface area contributed by atoms with E-state index in [0.29, 0.717) is 12.0 Å². The van der Waals surface area contributed by atoms with Gasteiger partial charge in [0.1, 0.15) is 5.75 Å². The van der Waals surface area contributed by atoms with Crippen molar-refractivity contribution in [3.63, 3.8) is 0 Å². The monoisotopic (exact) mass is 274 g/mol. The smallest absolute Gasteiger partial charge is 0.119 e. The standard InChI is InChI=1S/C17H26N2O/c1-20-17-7-3-6-14(9-17)15-8-16(18)12-19(11-15)10-13-4-2-5-13/h3,6-7,9,13,15-16H,2,4-5,8,10-12,18H2,1H3. The molecule has 3 heteroatoms. The molecule has 1 aliphatic heterocycles. The Balaban J connectivity index is 1.67. The summed E-state index contributed by atoms with van der Waals surface area (Å²) in [6.45, 7) is 3.46. The number of benzene rings is 1. The second kappa shape index (κ2) is 6.15. The molecule has 2 aliphatic rings. The van der Waals surface area contributed by atoms with Crippen LogP contribution in [0.3, 0.4) is 0 Å². The van der Waals surface area contributed by atoms with Crippen LogP contribution in [0.15, 0.2) is 24.3 Å². The molecule has 0 amide bonds. The van der Waals surface area contributed by atoms with Gasteiger partial charge in [0.25, 0.3) is 0 Å². The zero-order chi connectivity index (χ0) is 13.9. The zero-order valence-electron chi connectivity index (χ0n) is 12.4. The van der Waals surface area contributed by atoms with Crippen molar-refractivity contribution in [2.24, 2.45) is 11.7 Å². The molecule has 3 rings (SSSR count). The quantitative estimate of drug-likeness (QED) is 0.917. The van der Waals surface area contributed by atoms with Crippen LogP contribution < -0.4 is 10.5 Å². The van der Waals surface area contributed by atoms with Crippen LogP contribution in [-0.4, -0.2) is 37.7 Å². The van der Waals surface area contributed by atoms with Gasteiger partial charge in [-0.15, -0.1) is 0 Å². The second-order valence-electron chi connectivity index (χ2n) is 6.48. The highest BCUT2D eigenvalue weighted by molar-refractivity contribution is 5.31. The SMILES string of the molecule is COc1cccc(C2CC(N)CN(CC3CCC3)C2)c1. The fourth-order valence-electron chi connectivity index (χ4n) is 3.56. The maximum absolute atomic E-state index is 6.29. The van der Waals surface area contributed by atoms with Crippen LogP contribution in [0.1, 0.15) is 37.2 Å². The van der Waals surface area contributed by atoms with E-state index in [9.17, 15) is 0 Å². The van der Waals surface area contributed by atoms with E-state index in [0.717, 1.165) is 31.2 Å². The second-order valence-corrected chi connectivity index (χ2v) is 6.48. The highest BCUT2D eigenvalue weighted by Crippen LogP contribution is 2.32. The molecule has 0 spiro atoms. The van der Waals surface area contributed by atoms with E-state index in [1.807, 2.05) is 6.07 Å². The molecule has 0 aromatic heterocycles. The van der Waals surface area contributed by atoms with Crippen LogP contribution in [-0.2, 0) is 0 Å². The molecular weight excluding hydrogens is 248 g/mol. The lowest BCUT2D eigenvalue weighted by Crippen LogP contribution is -2.48. The van der Waals surface area contributed by atoms with Gasteiger partial charge in [0.05, 0.1) is 7.11 Å². The third-order valence-corrected chi connectivity index (χ3v) is 4.86. The maximum atomic E-state index is 6.29. The Bertz CT molecular complexity index is 444. The average Bonchev–Trinajstić information content (AvgIpc) is 2.42. The lowest BCUT2D eigenvalue weighted by atomic mass is 9.83. The van der Waals surface area contributed by atoms with Crippen LogP contribution in [0.25, 0.3) is 0 Å². The highest BCUT2D eigenvalue weighted by Gasteiger charge is 2.29. The van der Waals surface area contributed by atoms with E-state index >= 15 is 0 Å². The van der Waals surface area contributed by atoms with Crippen molar-refractivity contribution in [2.75, 3.05) is 26.7 Å². The Labute approximate surface area is 122 Å². The molecule has 3 nitrogen and oxygen atoms in total. The number of nitrogens with zero attached hydrogens (tertiary/aromatic N) is 1. The summed E-state index contributed by atoms with van der Waals surface area (Å²) in [7, 11) is 1.73. The molecule has 2 N–H and O–H groups in total. The van der Waals surface area contributed by atoms with Crippen LogP contribution in [0.2, 0.25) is 0 Å². The number of hydrogen-bond acceptors (Lipinski definition) is 3. The predicted octanol–water partition coefficient (Wildman–Crippen LogP) is 2.61. The molecular formula is C17H26N2O. The molecule has 1 saturated heterocycles. The van der Waals surface area contributed by atoms with Gasteiger partial charge in [0.2, 0.25) is 0 Å². The van der Waals surface area contributed by atoms with Crippen molar-refractivity contribution in [3.8, 4) is 5.75 Å². The van der Waals surface area contributed by atoms with E-state index in [1.54, 1.807) is 7.11 Å². The van der Waals surface area contributed by atoms with Gasteiger partial charge in [-0.1, -0.05) is 18.6 Å². The summed E-state index contributed by atoms with van der Waals surface area (Å²) in [4.78, 5) is 2.59. The van der Waals surface area contributed by atoms with Crippen LogP contribution in [0, 0.1) is 5.92 Å². The summed E-state index contributed by atoms with van der Waals surface area (Å²) in [5.74, 6) is 2.42. The number of nitrogens with two attached hydrogens (primary N) is 1. The first-order valence-corrected chi connectivity index (χ1v) is 7.86. The minimum absolute atomic E-state index is 0.306. The van der Waals surface area contributed by atoms with Gasteiger partial charge in [-0.3, -0.25) is 0 Å². The fourth-order valence-corrected chi connectivity index (χ4v) is 3.56. The normalized spacial score (nSPS) is 28.1. The van der Waals surface area contributed by atoms with E-state index < -0.39 is 0 Å². The Kier molecular flexibility index (Phi) is 4.27. The van der Waals surface area contributed by atoms with E-state index in [1.165, 1.54) is 31.4 Å². The first kappa shape index (κ1) is 13.9. The Morgan fingerprint density at radius 1 is 1.30 bits per heavy atom. The summed E-state index contributed by atoms with van der Waals surface area (Å²) < 4.78 is 5.35. The molecule has 1 aromatic carbocycles. The fraction of sp³-hybridized carbons (Fsp3) is 0.647. The molecule has 110 valence electrons. The lowest BCUT2D eigenvalue weighted by Gasteiger charge is -2.40. The van der Waals surface area contributed by atoms with Gasteiger partial charge in [0, 0.05) is 25.7 Å². The van der Waals surface area contributed by atoms with Gasteiger partial charge in [0.15, 0.2) is 0 Å². The van der Waals surface area contributed by atoms with Crippen molar-refractivity contribution < 1.29 is 4.74 Å². The summed E-state index contributed by atoms with van der Waals surface area (Å²) in [6.07, 6.45) is 5.34. The topological polar surface area (TPSA) is 38.5 Å². The number of hydrogen-bond donors (Lipinski definition) is 1. The minimum atomic E-state index is 0.306. The van der Waals surface area contributed by atoms with E-state index in [4.69, 9.17) is 10.5 Å². The highest BCUT2D eigenvalue weighted by atomic mass is 16.5. The van der Waals surface area contributed by atoms with E-state index in [-0.39, 0.29) is 0 Å². The maximum Gasteiger partial charge on any atom is 0.119 e. The number of likely N-dealkylation sites (tertiary alicyclic amines) is 1. The third-order valence-electron chi connectivity index (χ3n) is 4.86. The minimum Gasteiger partial charge on any atom is -0.497 e. The Morgan fingerprint density at radius 3 is 2.85 bits per heavy atom. The molecule has 1 aliphatic carbocycles. The summed E-state index contributed by atoms with van der Waals surface area (Å²) in [5.41, 5.74) is 7.66. The van der Waals surface area contributed by atoms with Gasteiger partial charge >= 0.3 is 0 Å². The first-order valence-electron chi connectivity index (χ1n) is 7.86. The lowest BCUT2D eigenvalue weighted by molar-refractivity contribution is 0.133. The molecule has 0 bridgehead atoms. The summed E-state index contributed by atoms with van der Waals surface area (Å²) in [5, 5.41) is 0. The average molecular weight is 274 g/mol. The molecule has 2 unspecified atom stereocenters. The van der Waals surface area contributed by atoms with Crippen molar-refractivity contribution >= 4 is 0 Å². The molecule has 1 aromatic rings. The first-order chi connectivity index (χ1) is 9.74. The van der Waals surface area contributed by atoms with Crippen molar-refractivity contribution in [3.05, 3.63) is 29.8 Å². The zero-order valence-corrected chi connectivity index (χ0v) is 12.4. The van der Waals surface area contributed by atoms with Gasteiger partial charge in [-0.2, -0.15) is 0 Å². The molecule has 20 heavy (non-hydrogen) atoms.